The standard InChI is InChI=1S/C17H14N2O3/c20-14-11-19(13-9-5-2-6-10-13)17(22)15(14)16(21)18-12-7-3-1-4-8-12/h1-10,15H,11H2,(H,18,21)/t15-/m1/s1. The lowest BCUT2D eigenvalue weighted by atomic mass is 10.1. The highest BCUT2D eigenvalue weighted by Gasteiger charge is 2.44. The van der Waals surface area contributed by atoms with E-state index in [1.165, 1.54) is 4.90 Å². The highest BCUT2D eigenvalue weighted by atomic mass is 16.2. The maximum absolute atomic E-state index is 12.4. The summed E-state index contributed by atoms with van der Waals surface area (Å²) in [5.41, 5.74) is 1.18. The lowest BCUT2D eigenvalue weighted by molar-refractivity contribution is -0.134. The van der Waals surface area contributed by atoms with Gasteiger partial charge in [-0.25, -0.2) is 0 Å². The molecule has 1 heterocycles. The van der Waals surface area contributed by atoms with Gasteiger partial charge >= 0.3 is 0 Å². The van der Waals surface area contributed by atoms with Gasteiger partial charge in [-0.3, -0.25) is 14.4 Å². The molecule has 3 rings (SSSR count). The minimum Gasteiger partial charge on any atom is -0.325 e. The lowest BCUT2D eigenvalue weighted by Crippen LogP contribution is -2.34. The number of amides is 2. The summed E-state index contributed by atoms with van der Waals surface area (Å²) in [4.78, 5) is 38.0. The van der Waals surface area contributed by atoms with Crippen molar-refractivity contribution in [2.75, 3.05) is 16.8 Å². The van der Waals surface area contributed by atoms with Gasteiger partial charge < -0.3 is 10.2 Å². The van der Waals surface area contributed by atoms with Gasteiger partial charge in [0.1, 0.15) is 0 Å². The molecule has 5 heteroatoms. The van der Waals surface area contributed by atoms with Crippen molar-refractivity contribution >= 4 is 29.0 Å². The van der Waals surface area contributed by atoms with E-state index in [4.69, 9.17) is 0 Å². The van der Waals surface area contributed by atoms with Gasteiger partial charge in [0.05, 0.1) is 6.54 Å². The SMILES string of the molecule is O=C1CN(c2ccccc2)C(=O)[C@H]1C(=O)Nc1ccccc1. The Morgan fingerprint density at radius 3 is 2.18 bits per heavy atom. The second-order valence-corrected chi connectivity index (χ2v) is 5.01. The fourth-order valence-corrected chi connectivity index (χ4v) is 2.44. The normalized spacial score (nSPS) is 17.6. The van der Waals surface area contributed by atoms with E-state index < -0.39 is 17.7 Å². The van der Waals surface area contributed by atoms with E-state index in [0.29, 0.717) is 11.4 Å². The van der Waals surface area contributed by atoms with E-state index in [-0.39, 0.29) is 12.3 Å². The van der Waals surface area contributed by atoms with Crippen molar-refractivity contribution in [2.24, 2.45) is 5.92 Å². The molecule has 2 aromatic rings. The van der Waals surface area contributed by atoms with Gasteiger partial charge in [-0.2, -0.15) is 0 Å². The van der Waals surface area contributed by atoms with Crippen LogP contribution in [0.2, 0.25) is 0 Å². The molecule has 1 aliphatic heterocycles. The van der Waals surface area contributed by atoms with Gasteiger partial charge in [0.25, 0.3) is 0 Å². The highest BCUT2D eigenvalue weighted by molar-refractivity contribution is 6.30. The second kappa shape index (κ2) is 5.81. The molecule has 0 unspecified atom stereocenters. The topological polar surface area (TPSA) is 66.5 Å². The number of nitrogens with zero attached hydrogens (tertiary/aromatic N) is 1. The molecule has 5 nitrogen and oxygen atoms in total. The van der Waals surface area contributed by atoms with Crippen LogP contribution < -0.4 is 10.2 Å². The van der Waals surface area contributed by atoms with E-state index in [1.807, 2.05) is 12.1 Å². The molecule has 1 fully saturated rings. The molecule has 1 atom stereocenters. The first-order valence-corrected chi connectivity index (χ1v) is 6.92. The molecule has 0 radical (unpaired) electrons. The number of nitrogens with one attached hydrogen (secondary N) is 1. The zero-order chi connectivity index (χ0) is 15.5. The first-order chi connectivity index (χ1) is 10.7. The molecule has 2 aromatic carbocycles. The number of rotatable bonds is 3. The number of Topliss-reactive ketones (excluding diaryl/α,β-unsaturated/α-hetero) is 1. The van der Waals surface area contributed by atoms with Gasteiger partial charge in [0.15, 0.2) is 11.7 Å². The fraction of sp³-hybridized carbons (Fsp3) is 0.118. The molecule has 0 spiro atoms. The maximum Gasteiger partial charge on any atom is 0.247 e. The Morgan fingerprint density at radius 2 is 1.55 bits per heavy atom. The van der Waals surface area contributed by atoms with Crippen LogP contribution in [0.4, 0.5) is 11.4 Å². The Morgan fingerprint density at radius 1 is 0.955 bits per heavy atom. The number of ketones is 1. The number of carbonyl (C=O) groups is 3. The second-order valence-electron chi connectivity index (χ2n) is 5.01. The van der Waals surface area contributed by atoms with E-state index in [1.54, 1.807) is 48.5 Å². The quantitative estimate of drug-likeness (QED) is 0.879. The predicted molar refractivity (Wildman–Crippen MR) is 82.4 cm³/mol. The number of para-hydroxylation sites is 2. The summed E-state index contributed by atoms with van der Waals surface area (Å²) in [6.45, 7) is -0.0737. The van der Waals surface area contributed by atoms with Crippen LogP contribution >= 0.6 is 0 Å². The van der Waals surface area contributed by atoms with Crippen LogP contribution in [0.3, 0.4) is 0 Å². The highest BCUT2D eigenvalue weighted by Crippen LogP contribution is 2.24. The molecule has 110 valence electrons. The molecule has 22 heavy (non-hydrogen) atoms. The van der Waals surface area contributed by atoms with Crippen LogP contribution in [0.15, 0.2) is 60.7 Å². The van der Waals surface area contributed by atoms with Crippen molar-refractivity contribution in [3.8, 4) is 0 Å². The maximum atomic E-state index is 12.4. The van der Waals surface area contributed by atoms with Crippen LogP contribution in [0.5, 0.6) is 0 Å². The summed E-state index contributed by atoms with van der Waals surface area (Å²) in [6.07, 6.45) is 0. The first kappa shape index (κ1) is 14.0. The molecule has 2 amide bonds. The minimum absolute atomic E-state index is 0.0737. The van der Waals surface area contributed by atoms with Crippen LogP contribution in [0.1, 0.15) is 0 Å². The Labute approximate surface area is 127 Å². The monoisotopic (exact) mass is 294 g/mol. The predicted octanol–water partition coefficient (Wildman–Crippen LogP) is 1.86. The van der Waals surface area contributed by atoms with E-state index >= 15 is 0 Å². The number of hydrogen-bond donors (Lipinski definition) is 1. The van der Waals surface area contributed by atoms with Crippen LogP contribution in [0.25, 0.3) is 0 Å². The third-order valence-corrected chi connectivity index (χ3v) is 3.52. The molecular formula is C17H14N2O3. The van der Waals surface area contributed by atoms with E-state index in [2.05, 4.69) is 5.32 Å². The minimum atomic E-state index is -1.28. The van der Waals surface area contributed by atoms with Crippen molar-refractivity contribution in [2.45, 2.75) is 0 Å². The molecule has 1 aliphatic rings. The average molecular weight is 294 g/mol. The summed E-state index contributed by atoms with van der Waals surface area (Å²) in [6, 6.07) is 17.6. The molecule has 0 aliphatic carbocycles. The summed E-state index contributed by atoms with van der Waals surface area (Å²) in [7, 11) is 0. The molecule has 0 bridgehead atoms. The Kier molecular flexibility index (Phi) is 3.70. The average Bonchev–Trinajstić information content (AvgIpc) is 2.84. The van der Waals surface area contributed by atoms with Gasteiger partial charge in [0.2, 0.25) is 11.8 Å². The van der Waals surface area contributed by atoms with Gasteiger partial charge in [-0.05, 0) is 24.3 Å². The van der Waals surface area contributed by atoms with Crippen molar-refractivity contribution in [3.63, 3.8) is 0 Å². The third-order valence-electron chi connectivity index (χ3n) is 3.52. The number of hydrogen-bond acceptors (Lipinski definition) is 3. The summed E-state index contributed by atoms with van der Waals surface area (Å²) < 4.78 is 0. The van der Waals surface area contributed by atoms with Crippen molar-refractivity contribution < 1.29 is 14.4 Å². The van der Waals surface area contributed by atoms with Gasteiger partial charge in [-0.1, -0.05) is 36.4 Å². The molecule has 1 saturated heterocycles. The molecule has 0 saturated carbocycles. The Hall–Kier alpha value is -2.95. The first-order valence-electron chi connectivity index (χ1n) is 6.92. The lowest BCUT2D eigenvalue weighted by Gasteiger charge is -2.15. The third kappa shape index (κ3) is 2.61. The van der Waals surface area contributed by atoms with Gasteiger partial charge in [0, 0.05) is 11.4 Å². The van der Waals surface area contributed by atoms with Crippen LogP contribution in [0, 0.1) is 5.92 Å². The van der Waals surface area contributed by atoms with Crippen molar-refractivity contribution in [1.29, 1.82) is 0 Å². The smallest absolute Gasteiger partial charge is 0.247 e. The van der Waals surface area contributed by atoms with E-state index in [0.717, 1.165) is 0 Å². The van der Waals surface area contributed by atoms with Crippen molar-refractivity contribution in [1.82, 2.24) is 0 Å². The number of benzene rings is 2. The molecule has 0 aromatic heterocycles. The largest absolute Gasteiger partial charge is 0.325 e. The summed E-state index contributed by atoms with van der Waals surface area (Å²) in [5.74, 6) is -2.73. The van der Waals surface area contributed by atoms with E-state index in [9.17, 15) is 14.4 Å². The van der Waals surface area contributed by atoms with Crippen LogP contribution in [-0.4, -0.2) is 24.1 Å². The van der Waals surface area contributed by atoms with Gasteiger partial charge in [-0.15, -0.1) is 0 Å². The molecular weight excluding hydrogens is 280 g/mol. The Balaban J connectivity index is 1.78. The summed E-state index contributed by atoms with van der Waals surface area (Å²) in [5, 5.41) is 2.61. The van der Waals surface area contributed by atoms with Crippen molar-refractivity contribution in [3.05, 3.63) is 60.7 Å². The zero-order valence-electron chi connectivity index (χ0n) is 11.7. The zero-order valence-corrected chi connectivity index (χ0v) is 11.7. The molecule has 1 N–H and O–H groups in total. The summed E-state index contributed by atoms with van der Waals surface area (Å²) >= 11 is 0. The van der Waals surface area contributed by atoms with Crippen LogP contribution in [-0.2, 0) is 14.4 Å². The fourth-order valence-electron chi connectivity index (χ4n) is 2.44. The Bertz CT molecular complexity index is 713. The number of carbonyl (C=O) groups excluding carboxylic acids is 3. The number of anilines is 2.